The molecule has 0 bridgehead atoms. The van der Waals surface area contributed by atoms with Gasteiger partial charge in [0.1, 0.15) is 0 Å². The van der Waals surface area contributed by atoms with Crippen LogP contribution in [-0.2, 0) is 4.79 Å². The maximum absolute atomic E-state index is 11.6. The van der Waals surface area contributed by atoms with Gasteiger partial charge in [0.05, 0.1) is 0 Å². The first kappa shape index (κ1) is 12.4. The van der Waals surface area contributed by atoms with Crippen LogP contribution in [0.1, 0.15) is 40.5 Å². The average molecular weight is 186 g/mol. The summed E-state index contributed by atoms with van der Waals surface area (Å²) in [5, 5.41) is 0. The van der Waals surface area contributed by atoms with Crippen LogP contribution in [0.5, 0.6) is 0 Å². The monoisotopic (exact) mass is 186 g/mol. The van der Waals surface area contributed by atoms with Crippen LogP contribution in [0, 0.1) is 0 Å². The van der Waals surface area contributed by atoms with E-state index in [2.05, 4.69) is 0 Å². The Kier molecular flexibility index (Phi) is 5.71. The highest BCUT2D eigenvalue weighted by Gasteiger charge is 2.16. The molecule has 1 amide bonds. The van der Waals surface area contributed by atoms with E-state index in [1.807, 2.05) is 32.6 Å². The lowest BCUT2D eigenvalue weighted by molar-refractivity contribution is -0.133. The first-order valence-electron chi connectivity index (χ1n) is 5.07. The van der Waals surface area contributed by atoms with Gasteiger partial charge in [0, 0.05) is 25.0 Å². The fourth-order valence-electron chi connectivity index (χ4n) is 1.32. The number of carbonyl (C=O) groups excluding carboxylic acids is 1. The molecule has 0 saturated heterocycles. The second-order valence-corrected chi connectivity index (χ2v) is 3.65. The summed E-state index contributed by atoms with van der Waals surface area (Å²) in [6.45, 7) is 8.82. The van der Waals surface area contributed by atoms with E-state index in [0.29, 0.717) is 6.42 Å². The normalized spacial score (nSPS) is 13.1. The van der Waals surface area contributed by atoms with Crippen LogP contribution in [0.4, 0.5) is 0 Å². The fourth-order valence-corrected chi connectivity index (χ4v) is 1.32. The maximum Gasteiger partial charge on any atom is 0.224 e. The highest BCUT2D eigenvalue weighted by atomic mass is 16.2. The minimum atomic E-state index is 0.0142. The summed E-state index contributed by atoms with van der Waals surface area (Å²) in [5.41, 5.74) is 5.72. The molecule has 0 spiro atoms. The lowest BCUT2D eigenvalue weighted by atomic mass is 10.1. The Morgan fingerprint density at radius 1 is 1.38 bits per heavy atom. The molecule has 2 N–H and O–H groups in total. The van der Waals surface area contributed by atoms with Crippen molar-refractivity contribution in [2.45, 2.75) is 52.6 Å². The van der Waals surface area contributed by atoms with E-state index in [9.17, 15) is 4.79 Å². The van der Waals surface area contributed by atoms with Crippen molar-refractivity contribution in [1.82, 2.24) is 4.90 Å². The van der Waals surface area contributed by atoms with Crippen molar-refractivity contribution >= 4 is 5.91 Å². The fraction of sp³-hybridized carbons (Fsp3) is 0.900. The van der Waals surface area contributed by atoms with Gasteiger partial charge in [-0.2, -0.15) is 0 Å². The van der Waals surface area contributed by atoms with E-state index in [-0.39, 0.29) is 18.0 Å². The van der Waals surface area contributed by atoms with Gasteiger partial charge >= 0.3 is 0 Å². The Labute approximate surface area is 81.3 Å². The third kappa shape index (κ3) is 4.27. The van der Waals surface area contributed by atoms with Crippen molar-refractivity contribution in [3.63, 3.8) is 0 Å². The van der Waals surface area contributed by atoms with Gasteiger partial charge in [-0.3, -0.25) is 4.79 Å². The van der Waals surface area contributed by atoms with E-state index in [1.165, 1.54) is 0 Å². The summed E-state index contributed by atoms with van der Waals surface area (Å²) in [4.78, 5) is 13.5. The summed E-state index contributed by atoms with van der Waals surface area (Å²) in [7, 11) is 0. The quantitative estimate of drug-likeness (QED) is 0.705. The van der Waals surface area contributed by atoms with E-state index in [4.69, 9.17) is 5.73 Å². The highest BCUT2D eigenvalue weighted by Crippen LogP contribution is 2.04. The van der Waals surface area contributed by atoms with E-state index >= 15 is 0 Å². The summed E-state index contributed by atoms with van der Waals surface area (Å²) < 4.78 is 0. The molecule has 0 aliphatic rings. The van der Waals surface area contributed by atoms with Crippen LogP contribution >= 0.6 is 0 Å². The second-order valence-electron chi connectivity index (χ2n) is 3.65. The molecule has 3 heteroatoms. The van der Waals surface area contributed by atoms with Crippen molar-refractivity contribution in [3.8, 4) is 0 Å². The predicted octanol–water partition coefficient (Wildman–Crippen LogP) is 1.37. The molecule has 0 rings (SSSR count). The number of amides is 1. The van der Waals surface area contributed by atoms with Gasteiger partial charge in [0.25, 0.3) is 0 Å². The van der Waals surface area contributed by atoms with Crippen LogP contribution in [0.3, 0.4) is 0 Å². The molecule has 0 aromatic rings. The van der Waals surface area contributed by atoms with Crippen molar-refractivity contribution in [2.75, 3.05) is 6.54 Å². The van der Waals surface area contributed by atoms with Gasteiger partial charge in [-0.1, -0.05) is 6.92 Å². The molecule has 1 atom stereocenters. The van der Waals surface area contributed by atoms with Crippen molar-refractivity contribution in [1.29, 1.82) is 0 Å². The molecule has 0 heterocycles. The Morgan fingerprint density at radius 2 is 1.92 bits per heavy atom. The smallest absolute Gasteiger partial charge is 0.224 e. The number of rotatable bonds is 5. The third-order valence-corrected chi connectivity index (χ3v) is 2.25. The van der Waals surface area contributed by atoms with Crippen molar-refractivity contribution in [2.24, 2.45) is 5.73 Å². The minimum Gasteiger partial charge on any atom is -0.341 e. The molecule has 0 aliphatic carbocycles. The highest BCUT2D eigenvalue weighted by molar-refractivity contribution is 5.77. The molecule has 1 unspecified atom stereocenters. The zero-order chi connectivity index (χ0) is 10.4. The summed E-state index contributed by atoms with van der Waals surface area (Å²) in [6, 6.07) is 0.293. The maximum atomic E-state index is 11.6. The first-order valence-corrected chi connectivity index (χ1v) is 5.07. The van der Waals surface area contributed by atoms with Gasteiger partial charge in [-0.05, 0) is 27.2 Å². The Balaban J connectivity index is 4.06. The molecule has 3 nitrogen and oxygen atoms in total. The molecule has 0 aromatic carbocycles. The first-order chi connectivity index (χ1) is 6.02. The van der Waals surface area contributed by atoms with E-state index < -0.39 is 0 Å². The molecule has 0 saturated carbocycles. The zero-order valence-electron chi connectivity index (χ0n) is 9.21. The van der Waals surface area contributed by atoms with Gasteiger partial charge < -0.3 is 10.6 Å². The Bertz CT molecular complexity index is 157. The van der Waals surface area contributed by atoms with Crippen LogP contribution in [0.15, 0.2) is 0 Å². The van der Waals surface area contributed by atoms with E-state index in [1.54, 1.807) is 0 Å². The Morgan fingerprint density at radius 3 is 2.23 bits per heavy atom. The second kappa shape index (κ2) is 5.97. The third-order valence-electron chi connectivity index (χ3n) is 2.25. The number of nitrogens with zero attached hydrogens (tertiary/aromatic N) is 1. The summed E-state index contributed by atoms with van der Waals surface area (Å²) >= 11 is 0. The predicted molar refractivity (Wildman–Crippen MR) is 55.4 cm³/mol. The molecule has 0 radical (unpaired) electrons. The number of nitrogens with two attached hydrogens (primary N) is 1. The van der Waals surface area contributed by atoms with E-state index in [0.717, 1.165) is 13.0 Å². The lowest BCUT2D eigenvalue weighted by Crippen LogP contribution is -2.39. The van der Waals surface area contributed by atoms with Crippen LogP contribution in [-0.4, -0.2) is 29.4 Å². The largest absolute Gasteiger partial charge is 0.341 e. The van der Waals surface area contributed by atoms with Gasteiger partial charge in [0.15, 0.2) is 0 Å². The number of hydrogen-bond donors (Lipinski definition) is 1. The van der Waals surface area contributed by atoms with Gasteiger partial charge in [-0.15, -0.1) is 0 Å². The van der Waals surface area contributed by atoms with Gasteiger partial charge in [-0.25, -0.2) is 0 Å². The molecule has 0 aromatic heterocycles. The minimum absolute atomic E-state index is 0.0142. The Hall–Kier alpha value is -0.570. The standard InChI is InChI=1S/C10H22N2O/c1-5-9(11)7-10(13)12(6-2)8(3)4/h8-9H,5-7,11H2,1-4H3. The molecular formula is C10H22N2O. The lowest BCUT2D eigenvalue weighted by Gasteiger charge is -2.26. The number of hydrogen-bond acceptors (Lipinski definition) is 2. The molecule has 13 heavy (non-hydrogen) atoms. The molecule has 78 valence electrons. The van der Waals surface area contributed by atoms with Crippen LogP contribution in [0.2, 0.25) is 0 Å². The molecule has 0 fully saturated rings. The molecular weight excluding hydrogens is 164 g/mol. The summed E-state index contributed by atoms with van der Waals surface area (Å²) in [6.07, 6.45) is 1.34. The average Bonchev–Trinajstić information content (AvgIpc) is 2.04. The zero-order valence-corrected chi connectivity index (χ0v) is 9.21. The SMILES string of the molecule is CCC(N)CC(=O)N(CC)C(C)C. The topological polar surface area (TPSA) is 46.3 Å². The van der Waals surface area contributed by atoms with Crippen molar-refractivity contribution in [3.05, 3.63) is 0 Å². The van der Waals surface area contributed by atoms with Crippen LogP contribution < -0.4 is 5.73 Å². The van der Waals surface area contributed by atoms with Crippen LogP contribution in [0.25, 0.3) is 0 Å². The number of carbonyl (C=O) groups is 1. The van der Waals surface area contributed by atoms with Crippen molar-refractivity contribution < 1.29 is 4.79 Å². The van der Waals surface area contributed by atoms with Gasteiger partial charge in [0.2, 0.25) is 5.91 Å². The summed E-state index contributed by atoms with van der Waals surface area (Å²) in [5.74, 6) is 0.173. The molecule has 0 aliphatic heterocycles.